The summed E-state index contributed by atoms with van der Waals surface area (Å²) in [6.07, 6.45) is 0. The van der Waals surface area contributed by atoms with Crippen LogP contribution in [0.5, 0.6) is 0 Å². The van der Waals surface area contributed by atoms with Gasteiger partial charge in [-0.25, -0.2) is 14.9 Å². The summed E-state index contributed by atoms with van der Waals surface area (Å²) in [7, 11) is 0. The number of nitrogens with one attached hydrogen (secondary N) is 2. The van der Waals surface area contributed by atoms with Gasteiger partial charge in [-0.3, -0.25) is 0 Å². The number of nitrogens with zero attached hydrogens (tertiary/aromatic N) is 3. The Hall–Kier alpha value is -5.94. The summed E-state index contributed by atoms with van der Waals surface area (Å²) >= 11 is 0. The van der Waals surface area contributed by atoms with E-state index >= 15 is 0 Å². The third-order valence-corrected chi connectivity index (χ3v) is 9.42. The van der Waals surface area contributed by atoms with Crippen LogP contribution in [0.2, 0.25) is 0 Å². The van der Waals surface area contributed by atoms with Crippen LogP contribution < -0.4 is 4.90 Å². The summed E-state index contributed by atoms with van der Waals surface area (Å²) in [6.45, 7) is 0. The molecule has 0 aliphatic heterocycles. The molecule has 2 heterocycles. The van der Waals surface area contributed by atoms with Gasteiger partial charge in [0, 0.05) is 5.56 Å². The summed E-state index contributed by atoms with van der Waals surface area (Å²) in [5.41, 5.74) is 14.6. The molecule has 44 heavy (non-hydrogen) atoms. The molecule has 0 fully saturated rings. The Balaban J connectivity index is 1.32. The molecule has 2 N–H and O–H groups in total. The average Bonchev–Trinajstić information content (AvgIpc) is 3.83. The number of aromatic amines is 2. The lowest BCUT2D eigenvalue weighted by molar-refractivity contribution is 0.793. The Morgan fingerprint density at radius 2 is 0.886 bits per heavy atom. The molecule has 5 heteroatoms. The van der Waals surface area contributed by atoms with Crippen molar-refractivity contribution < 1.29 is 0 Å². The standard InChI is InChI=1S/C39H25N5/c1-4-15-27-24(12-1)25-13-2-5-16-28(25)39(27)29-17-6-3-14-26(29)36-30(39)18-11-23-35(36)44(37-40-31-19-7-8-20-32(31)41-37)38-42-33-21-9-10-22-34(33)43-38/h1-23H,(H,40,41)(H,42,43). The predicted octanol–water partition coefficient (Wildman–Crippen LogP) is 9.25. The van der Waals surface area contributed by atoms with Crippen LogP contribution in [0.15, 0.2) is 140 Å². The predicted molar refractivity (Wildman–Crippen MR) is 177 cm³/mol. The number of H-pyrrole nitrogens is 2. The minimum atomic E-state index is -0.428. The Morgan fingerprint density at radius 3 is 1.45 bits per heavy atom. The van der Waals surface area contributed by atoms with Gasteiger partial charge in [0.2, 0.25) is 11.9 Å². The lowest BCUT2D eigenvalue weighted by Gasteiger charge is -2.31. The van der Waals surface area contributed by atoms with E-state index in [-0.39, 0.29) is 0 Å². The zero-order chi connectivity index (χ0) is 28.8. The molecule has 0 amide bonds. The highest BCUT2D eigenvalue weighted by molar-refractivity contribution is 6.01. The molecule has 0 bridgehead atoms. The molecular formula is C39H25N5. The van der Waals surface area contributed by atoms with E-state index in [4.69, 9.17) is 9.97 Å². The van der Waals surface area contributed by atoms with Crippen molar-refractivity contribution in [3.8, 4) is 22.3 Å². The highest BCUT2D eigenvalue weighted by atomic mass is 15.3. The molecule has 2 aliphatic rings. The van der Waals surface area contributed by atoms with E-state index < -0.39 is 5.41 Å². The third-order valence-electron chi connectivity index (χ3n) is 9.42. The fourth-order valence-electron chi connectivity index (χ4n) is 7.73. The molecule has 10 rings (SSSR count). The second kappa shape index (κ2) is 8.55. The van der Waals surface area contributed by atoms with Gasteiger partial charge in [-0.1, -0.05) is 109 Å². The molecule has 8 aromatic rings. The number of para-hydroxylation sites is 4. The first-order valence-electron chi connectivity index (χ1n) is 14.9. The van der Waals surface area contributed by atoms with Crippen LogP contribution in [-0.4, -0.2) is 19.9 Å². The van der Waals surface area contributed by atoms with Crippen molar-refractivity contribution in [3.63, 3.8) is 0 Å². The topological polar surface area (TPSA) is 60.6 Å². The Labute approximate surface area is 253 Å². The van der Waals surface area contributed by atoms with E-state index in [0.29, 0.717) is 11.9 Å². The Bertz CT molecular complexity index is 2240. The Morgan fingerprint density at radius 1 is 0.432 bits per heavy atom. The highest BCUT2D eigenvalue weighted by Crippen LogP contribution is 2.64. The largest absolute Gasteiger partial charge is 0.323 e. The molecule has 1 spiro atoms. The molecule has 0 unspecified atom stereocenters. The average molecular weight is 564 g/mol. The number of anilines is 3. The quantitative estimate of drug-likeness (QED) is 0.225. The smallest absolute Gasteiger partial charge is 0.215 e. The van der Waals surface area contributed by atoms with Gasteiger partial charge in [-0.2, -0.15) is 0 Å². The lowest BCUT2D eigenvalue weighted by Crippen LogP contribution is -2.26. The van der Waals surface area contributed by atoms with Crippen LogP contribution in [0.4, 0.5) is 17.6 Å². The molecule has 206 valence electrons. The summed E-state index contributed by atoms with van der Waals surface area (Å²) in [5.74, 6) is 1.42. The SMILES string of the molecule is c1ccc2c(c1)-c1ccccc1C21c2ccccc2-c2c(N(c3nc4ccccc4[nH]3)c3nc4ccccc4[nH]3)cccc21. The van der Waals surface area contributed by atoms with Crippen LogP contribution in [-0.2, 0) is 5.41 Å². The monoisotopic (exact) mass is 563 g/mol. The van der Waals surface area contributed by atoms with Crippen LogP contribution in [0, 0.1) is 0 Å². The molecule has 2 aromatic heterocycles. The fourth-order valence-corrected chi connectivity index (χ4v) is 7.73. The molecule has 6 aromatic carbocycles. The zero-order valence-corrected chi connectivity index (χ0v) is 23.6. The van der Waals surface area contributed by atoms with Crippen LogP contribution in [0.3, 0.4) is 0 Å². The van der Waals surface area contributed by atoms with E-state index in [1.54, 1.807) is 0 Å². The van der Waals surface area contributed by atoms with Gasteiger partial charge in [0.15, 0.2) is 0 Å². The maximum absolute atomic E-state index is 5.09. The van der Waals surface area contributed by atoms with Crippen LogP contribution in [0.1, 0.15) is 22.3 Å². The van der Waals surface area contributed by atoms with Gasteiger partial charge >= 0.3 is 0 Å². The fraction of sp³-hybridized carbons (Fsp3) is 0.0256. The van der Waals surface area contributed by atoms with Crippen molar-refractivity contribution in [2.45, 2.75) is 5.41 Å². The molecule has 0 atom stereocenters. The summed E-state index contributed by atoms with van der Waals surface area (Å²) < 4.78 is 0. The molecule has 2 aliphatic carbocycles. The van der Waals surface area contributed by atoms with Crippen molar-refractivity contribution in [2.24, 2.45) is 0 Å². The normalized spacial score (nSPS) is 13.6. The number of hydrogen-bond donors (Lipinski definition) is 2. The second-order valence-corrected chi connectivity index (χ2v) is 11.6. The van der Waals surface area contributed by atoms with E-state index in [1.807, 2.05) is 36.4 Å². The number of aromatic nitrogens is 4. The van der Waals surface area contributed by atoms with Crippen molar-refractivity contribution in [1.82, 2.24) is 19.9 Å². The van der Waals surface area contributed by atoms with Gasteiger partial charge in [-0.15, -0.1) is 0 Å². The first kappa shape index (κ1) is 23.6. The zero-order valence-electron chi connectivity index (χ0n) is 23.6. The third kappa shape index (κ3) is 2.93. The molecular weight excluding hydrogens is 538 g/mol. The first-order chi connectivity index (χ1) is 21.8. The Kier molecular flexibility index (Phi) is 4.59. The molecule has 0 saturated carbocycles. The van der Waals surface area contributed by atoms with E-state index in [2.05, 4.69) is 118 Å². The minimum Gasteiger partial charge on any atom is -0.323 e. The summed E-state index contributed by atoms with van der Waals surface area (Å²) in [6, 6.07) is 49.7. The second-order valence-electron chi connectivity index (χ2n) is 11.6. The molecule has 0 radical (unpaired) electrons. The maximum Gasteiger partial charge on any atom is 0.215 e. The van der Waals surface area contributed by atoms with Gasteiger partial charge < -0.3 is 9.97 Å². The van der Waals surface area contributed by atoms with Crippen molar-refractivity contribution in [2.75, 3.05) is 4.90 Å². The van der Waals surface area contributed by atoms with Crippen LogP contribution in [0.25, 0.3) is 44.3 Å². The van der Waals surface area contributed by atoms with Gasteiger partial charge in [0.05, 0.1) is 33.2 Å². The molecule has 5 nitrogen and oxygen atoms in total. The number of fused-ring (bicyclic) bond motifs is 12. The maximum atomic E-state index is 5.09. The first-order valence-corrected chi connectivity index (χ1v) is 14.9. The highest BCUT2D eigenvalue weighted by Gasteiger charge is 2.52. The number of imidazole rings is 2. The van der Waals surface area contributed by atoms with Gasteiger partial charge in [0.1, 0.15) is 0 Å². The van der Waals surface area contributed by atoms with Gasteiger partial charge in [0.25, 0.3) is 0 Å². The van der Waals surface area contributed by atoms with Gasteiger partial charge in [-0.05, 0) is 69.3 Å². The number of benzene rings is 6. The number of hydrogen-bond acceptors (Lipinski definition) is 3. The van der Waals surface area contributed by atoms with Crippen molar-refractivity contribution in [1.29, 1.82) is 0 Å². The molecule has 0 saturated heterocycles. The van der Waals surface area contributed by atoms with Crippen LogP contribution >= 0.6 is 0 Å². The number of rotatable bonds is 3. The lowest BCUT2D eigenvalue weighted by atomic mass is 9.70. The summed E-state index contributed by atoms with van der Waals surface area (Å²) in [5, 5.41) is 0. The minimum absolute atomic E-state index is 0.428. The van der Waals surface area contributed by atoms with E-state index in [1.165, 1.54) is 44.5 Å². The summed E-state index contributed by atoms with van der Waals surface area (Å²) in [4.78, 5) is 19.5. The van der Waals surface area contributed by atoms with Crippen molar-refractivity contribution in [3.05, 3.63) is 162 Å². The van der Waals surface area contributed by atoms with E-state index in [9.17, 15) is 0 Å². The van der Waals surface area contributed by atoms with E-state index in [0.717, 1.165) is 27.8 Å². The van der Waals surface area contributed by atoms with Crippen molar-refractivity contribution >= 4 is 39.7 Å².